The van der Waals surface area contributed by atoms with E-state index < -0.39 is 0 Å². The Kier molecular flexibility index (Phi) is 4.20. The largest absolute Gasteiger partial charge is 0.299 e. The number of carbonyl (C=O) groups excluding carboxylic acids is 1. The number of nitrogens with zero attached hydrogens (tertiary/aromatic N) is 2. The summed E-state index contributed by atoms with van der Waals surface area (Å²) in [7, 11) is 1.88. The minimum atomic E-state index is 0.294. The van der Waals surface area contributed by atoms with Gasteiger partial charge in [0.2, 0.25) is 0 Å². The van der Waals surface area contributed by atoms with E-state index in [0.29, 0.717) is 18.6 Å². The van der Waals surface area contributed by atoms with Gasteiger partial charge in [-0.15, -0.1) is 0 Å². The molecule has 0 aliphatic carbocycles. The van der Waals surface area contributed by atoms with Crippen LogP contribution in [-0.2, 0) is 18.3 Å². The predicted molar refractivity (Wildman–Crippen MR) is 59.7 cm³/mol. The lowest BCUT2D eigenvalue weighted by atomic mass is 10.2. The van der Waals surface area contributed by atoms with Crippen molar-refractivity contribution in [3.8, 4) is 0 Å². The molecule has 0 atom stereocenters. The minimum Gasteiger partial charge on any atom is -0.299 e. The quantitative estimate of drug-likeness (QED) is 0.743. The molecule has 0 radical (unpaired) electrons. The lowest BCUT2D eigenvalue weighted by molar-refractivity contribution is -0.118. The Labute approximate surface area is 88.9 Å². The number of carbonyl (C=O) groups is 1. The van der Waals surface area contributed by atoms with E-state index in [2.05, 4.69) is 5.10 Å². The fourth-order valence-electron chi connectivity index (χ4n) is 1.34. The van der Waals surface area contributed by atoms with E-state index in [1.165, 1.54) is 0 Å². The van der Waals surface area contributed by atoms with Crippen LogP contribution in [0.15, 0.2) is 6.07 Å². The molecular formula is C10H16N2OS. The van der Waals surface area contributed by atoms with Crippen LogP contribution in [-0.4, -0.2) is 27.6 Å². The number of hydrogen-bond acceptors (Lipinski definition) is 3. The van der Waals surface area contributed by atoms with Crippen molar-refractivity contribution >= 4 is 17.5 Å². The molecule has 0 unspecified atom stereocenters. The second kappa shape index (κ2) is 5.20. The molecule has 14 heavy (non-hydrogen) atoms. The summed E-state index contributed by atoms with van der Waals surface area (Å²) in [5.41, 5.74) is 1.98. The molecule has 0 saturated heterocycles. The average Bonchev–Trinajstić information content (AvgIpc) is 2.42. The van der Waals surface area contributed by atoms with Gasteiger partial charge < -0.3 is 0 Å². The van der Waals surface area contributed by atoms with E-state index >= 15 is 0 Å². The molecule has 4 heteroatoms. The van der Waals surface area contributed by atoms with Gasteiger partial charge in [-0.1, -0.05) is 0 Å². The summed E-state index contributed by atoms with van der Waals surface area (Å²) in [6.45, 7) is 1.94. The molecule has 0 bridgehead atoms. The van der Waals surface area contributed by atoms with Crippen molar-refractivity contribution in [2.24, 2.45) is 7.05 Å². The molecule has 0 saturated carbocycles. The van der Waals surface area contributed by atoms with E-state index in [9.17, 15) is 4.79 Å². The number of Topliss-reactive ketones (excluding diaryl/α,β-unsaturated/α-hetero) is 1. The molecule has 0 aromatic carbocycles. The Hall–Kier alpha value is -0.770. The summed E-state index contributed by atoms with van der Waals surface area (Å²) in [6.07, 6.45) is 3.19. The first kappa shape index (κ1) is 11.3. The molecule has 3 nitrogen and oxygen atoms in total. The first-order valence-corrected chi connectivity index (χ1v) is 6.03. The SMILES string of the molecule is CSCCC(=O)Cc1cc(C)nn1C. The fourth-order valence-corrected chi connectivity index (χ4v) is 1.77. The second-order valence-electron chi connectivity index (χ2n) is 3.36. The van der Waals surface area contributed by atoms with Crippen LogP contribution < -0.4 is 0 Å². The maximum absolute atomic E-state index is 11.5. The zero-order valence-electron chi connectivity index (χ0n) is 8.91. The molecule has 78 valence electrons. The van der Waals surface area contributed by atoms with Gasteiger partial charge in [-0.05, 0) is 25.0 Å². The Morgan fingerprint density at radius 3 is 2.86 bits per heavy atom. The third-order valence-corrected chi connectivity index (χ3v) is 2.67. The van der Waals surface area contributed by atoms with Gasteiger partial charge in [-0.3, -0.25) is 9.48 Å². The summed E-state index contributed by atoms with van der Waals surface area (Å²) >= 11 is 1.71. The molecule has 0 fully saturated rings. The first-order chi connectivity index (χ1) is 6.63. The first-order valence-electron chi connectivity index (χ1n) is 4.63. The molecule has 0 spiro atoms. The number of hydrogen-bond donors (Lipinski definition) is 0. The number of ketones is 1. The van der Waals surface area contributed by atoms with Gasteiger partial charge in [-0.2, -0.15) is 16.9 Å². The van der Waals surface area contributed by atoms with Crippen LogP contribution in [0.2, 0.25) is 0 Å². The van der Waals surface area contributed by atoms with Gasteiger partial charge >= 0.3 is 0 Å². The molecule has 0 aliphatic rings. The van der Waals surface area contributed by atoms with E-state index in [1.807, 2.05) is 26.3 Å². The zero-order valence-corrected chi connectivity index (χ0v) is 9.73. The summed E-state index contributed by atoms with van der Waals surface area (Å²) in [4.78, 5) is 11.5. The number of thioether (sulfide) groups is 1. The molecule has 1 aromatic heterocycles. The molecule has 0 aliphatic heterocycles. The monoisotopic (exact) mass is 212 g/mol. The maximum atomic E-state index is 11.5. The van der Waals surface area contributed by atoms with Crippen molar-refractivity contribution in [2.45, 2.75) is 19.8 Å². The normalized spacial score (nSPS) is 10.5. The average molecular weight is 212 g/mol. The topological polar surface area (TPSA) is 34.9 Å². The Bertz CT molecular complexity index is 320. The molecule has 1 heterocycles. The molecule has 1 aromatic rings. The second-order valence-corrected chi connectivity index (χ2v) is 4.34. The number of aryl methyl sites for hydroxylation is 2. The summed E-state index contributed by atoms with van der Waals surface area (Å²) in [5.74, 6) is 1.21. The maximum Gasteiger partial charge on any atom is 0.139 e. The summed E-state index contributed by atoms with van der Waals surface area (Å²) in [5, 5.41) is 4.20. The molecular weight excluding hydrogens is 196 g/mol. The van der Waals surface area contributed by atoms with Gasteiger partial charge in [0.25, 0.3) is 0 Å². The summed E-state index contributed by atoms with van der Waals surface area (Å²) < 4.78 is 1.78. The highest BCUT2D eigenvalue weighted by Gasteiger charge is 2.07. The fraction of sp³-hybridized carbons (Fsp3) is 0.600. The minimum absolute atomic E-state index is 0.294. The van der Waals surface area contributed by atoms with Gasteiger partial charge in [0, 0.05) is 25.6 Å². The number of rotatable bonds is 5. The van der Waals surface area contributed by atoms with E-state index in [4.69, 9.17) is 0 Å². The van der Waals surface area contributed by atoms with Crippen LogP contribution in [0.1, 0.15) is 17.8 Å². The smallest absolute Gasteiger partial charge is 0.139 e. The van der Waals surface area contributed by atoms with Crippen molar-refractivity contribution in [1.82, 2.24) is 9.78 Å². The van der Waals surface area contributed by atoms with Crippen LogP contribution in [0.5, 0.6) is 0 Å². The predicted octanol–water partition coefficient (Wildman–Crippen LogP) is 1.59. The lowest BCUT2D eigenvalue weighted by Gasteiger charge is -2.00. The van der Waals surface area contributed by atoms with Crippen LogP contribution in [0.4, 0.5) is 0 Å². The van der Waals surface area contributed by atoms with Crippen molar-refractivity contribution in [2.75, 3.05) is 12.0 Å². The molecule has 0 N–H and O–H groups in total. The standard InChI is InChI=1S/C10H16N2OS/c1-8-6-9(12(2)11-8)7-10(13)4-5-14-3/h6H,4-5,7H2,1-3H3. The Balaban J connectivity index is 2.51. The van der Waals surface area contributed by atoms with Crippen LogP contribution in [0.25, 0.3) is 0 Å². The van der Waals surface area contributed by atoms with Crippen molar-refractivity contribution < 1.29 is 4.79 Å². The number of aromatic nitrogens is 2. The van der Waals surface area contributed by atoms with E-state index in [-0.39, 0.29) is 0 Å². The van der Waals surface area contributed by atoms with E-state index in [0.717, 1.165) is 17.1 Å². The third kappa shape index (κ3) is 3.18. The highest BCUT2D eigenvalue weighted by Crippen LogP contribution is 2.06. The third-order valence-electron chi connectivity index (χ3n) is 2.06. The Morgan fingerprint density at radius 1 is 1.64 bits per heavy atom. The highest BCUT2D eigenvalue weighted by molar-refractivity contribution is 7.98. The summed E-state index contributed by atoms with van der Waals surface area (Å²) in [6, 6.07) is 1.97. The van der Waals surface area contributed by atoms with Crippen LogP contribution in [0.3, 0.4) is 0 Å². The van der Waals surface area contributed by atoms with Gasteiger partial charge in [0.05, 0.1) is 5.69 Å². The van der Waals surface area contributed by atoms with Gasteiger partial charge in [0.1, 0.15) is 5.78 Å². The van der Waals surface area contributed by atoms with Crippen molar-refractivity contribution in [1.29, 1.82) is 0 Å². The zero-order chi connectivity index (χ0) is 10.6. The molecule has 0 amide bonds. The van der Waals surface area contributed by atoms with Gasteiger partial charge in [0.15, 0.2) is 0 Å². The van der Waals surface area contributed by atoms with Crippen LogP contribution >= 0.6 is 11.8 Å². The van der Waals surface area contributed by atoms with E-state index in [1.54, 1.807) is 16.4 Å². The van der Waals surface area contributed by atoms with Crippen molar-refractivity contribution in [3.05, 3.63) is 17.5 Å². The Morgan fingerprint density at radius 2 is 2.36 bits per heavy atom. The highest BCUT2D eigenvalue weighted by atomic mass is 32.2. The molecule has 1 rings (SSSR count). The van der Waals surface area contributed by atoms with Crippen LogP contribution in [0, 0.1) is 6.92 Å². The van der Waals surface area contributed by atoms with Gasteiger partial charge in [-0.25, -0.2) is 0 Å². The van der Waals surface area contributed by atoms with Crippen molar-refractivity contribution in [3.63, 3.8) is 0 Å². The lowest BCUT2D eigenvalue weighted by Crippen LogP contribution is -2.08.